The van der Waals surface area contributed by atoms with Gasteiger partial charge in [0.05, 0.1) is 0 Å². The van der Waals surface area contributed by atoms with Crippen LogP contribution in [0.15, 0.2) is 36.4 Å². The molecule has 0 fully saturated rings. The lowest BCUT2D eigenvalue weighted by molar-refractivity contribution is 0.0948. The van der Waals surface area contributed by atoms with E-state index in [9.17, 15) is 9.59 Å². The number of anilines is 1. The molecule has 5 nitrogen and oxygen atoms in total. The maximum absolute atomic E-state index is 12.4. The number of hydrogen-bond donors (Lipinski definition) is 2. The number of rotatable bonds is 6. The topological polar surface area (TPSA) is 71.1 Å². The molecule has 126 valence electrons. The van der Waals surface area contributed by atoms with Gasteiger partial charge in [-0.1, -0.05) is 37.1 Å². The van der Waals surface area contributed by atoms with Crippen LogP contribution in [-0.4, -0.2) is 23.3 Å². The molecule has 0 saturated heterocycles. The molecular weight excluding hydrogens is 302 g/mol. The first kappa shape index (κ1) is 17.7. The van der Waals surface area contributed by atoms with Crippen LogP contribution in [0.4, 0.5) is 5.69 Å². The molecule has 0 aliphatic carbocycles. The fraction of sp³-hybridized carbons (Fsp3) is 0.316. The number of unbranched alkanes of at least 4 members (excludes halogenated alkanes) is 1. The number of benzene rings is 1. The van der Waals surface area contributed by atoms with E-state index < -0.39 is 0 Å². The molecular formula is C19H23N3O2. The quantitative estimate of drug-likeness (QED) is 0.799. The monoisotopic (exact) mass is 325 g/mol. The van der Waals surface area contributed by atoms with Crippen LogP contribution in [0.2, 0.25) is 0 Å². The molecule has 2 N–H and O–H groups in total. The molecule has 24 heavy (non-hydrogen) atoms. The molecule has 1 heterocycles. The minimum absolute atomic E-state index is 0.220. The first-order chi connectivity index (χ1) is 11.5. The smallest absolute Gasteiger partial charge is 0.274 e. The molecule has 1 aromatic carbocycles. The molecule has 2 rings (SSSR count). The van der Waals surface area contributed by atoms with E-state index in [0.29, 0.717) is 6.54 Å². The van der Waals surface area contributed by atoms with Gasteiger partial charge in [0, 0.05) is 12.2 Å². The highest BCUT2D eigenvalue weighted by molar-refractivity contribution is 6.04. The van der Waals surface area contributed by atoms with E-state index >= 15 is 0 Å². The normalized spacial score (nSPS) is 10.3. The maximum Gasteiger partial charge on any atom is 0.274 e. The van der Waals surface area contributed by atoms with Gasteiger partial charge < -0.3 is 10.6 Å². The van der Waals surface area contributed by atoms with Crippen molar-refractivity contribution in [3.8, 4) is 0 Å². The number of aromatic nitrogens is 1. The van der Waals surface area contributed by atoms with Crippen LogP contribution in [0.5, 0.6) is 0 Å². The summed E-state index contributed by atoms with van der Waals surface area (Å²) in [7, 11) is 0. The van der Waals surface area contributed by atoms with Crippen LogP contribution in [-0.2, 0) is 0 Å². The summed E-state index contributed by atoms with van der Waals surface area (Å²) in [6.07, 6.45) is 1.92. The fourth-order valence-electron chi connectivity index (χ4n) is 2.30. The molecule has 0 bridgehead atoms. The van der Waals surface area contributed by atoms with Crippen molar-refractivity contribution in [1.82, 2.24) is 10.3 Å². The Morgan fingerprint density at radius 2 is 1.75 bits per heavy atom. The van der Waals surface area contributed by atoms with E-state index in [4.69, 9.17) is 0 Å². The zero-order valence-electron chi connectivity index (χ0n) is 14.3. The average molecular weight is 325 g/mol. The summed E-state index contributed by atoms with van der Waals surface area (Å²) < 4.78 is 0. The summed E-state index contributed by atoms with van der Waals surface area (Å²) in [5.74, 6) is -0.588. The molecule has 1 aromatic heterocycles. The van der Waals surface area contributed by atoms with E-state index in [1.807, 2.05) is 32.0 Å². The number of aryl methyl sites for hydroxylation is 2. The summed E-state index contributed by atoms with van der Waals surface area (Å²) in [5, 5.41) is 5.64. The molecule has 0 radical (unpaired) electrons. The van der Waals surface area contributed by atoms with Crippen LogP contribution < -0.4 is 10.6 Å². The van der Waals surface area contributed by atoms with E-state index in [2.05, 4.69) is 22.5 Å². The van der Waals surface area contributed by atoms with Gasteiger partial charge in [0.1, 0.15) is 11.4 Å². The van der Waals surface area contributed by atoms with E-state index in [1.165, 1.54) is 0 Å². The van der Waals surface area contributed by atoms with Gasteiger partial charge in [-0.05, 0) is 44.0 Å². The fourth-order valence-corrected chi connectivity index (χ4v) is 2.30. The minimum atomic E-state index is -0.329. The molecule has 2 amide bonds. The third-order valence-corrected chi connectivity index (χ3v) is 3.66. The SMILES string of the molecule is CCCCNC(=O)c1cccc(C(=O)Nc2ccc(C)cc2C)n1. The highest BCUT2D eigenvalue weighted by Gasteiger charge is 2.13. The van der Waals surface area contributed by atoms with Gasteiger partial charge in [-0.25, -0.2) is 4.98 Å². The lowest BCUT2D eigenvalue weighted by Gasteiger charge is -2.09. The molecule has 0 saturated carbocycles. The van der Waals surface area contributed by atoms with Gasteiger partial charge in [-0.2, -0.15) is 0 Å². The van der Waals surface area contributed by atoms with Crippen LogP contribution >= 0.6 is 0 Å². The summed E-state index contributed by atoms with van der Waals surface area (Å²) >= 11 is 0. The van der Waals surface area contributed by atoms with Gasteiger partial charge in [-0.3, -0.25) is 9.59 Å². The number of carbonyl (C=O) groups excluding carboxylic acids is 2. The highest BCUT2D eigenvalue weighted by Crippen LogP contribution is 2.16. The van der Waals surface area contributed by atoms with E-state index in [-0.39, 0.29) is 23.2 Å². The van der Waals surface area contributed by atoms with Crippen molar-refractivity contribution in [2.45, 2.75) is 33.6 Å². The van der Waals surface area contributed by atoms with Crippen LogP contribution in [0, 0.1) is 13.8 Å². The van der Waals surface area contributed by atoms with Crippen molar-refractivity contribution < 1.29 is 9.59 Å². The van der Waals surface area contributed by atoms with Crippen LogP contribution in [0.3, 0.4) is 0 Å². The Labute approximate surface area is 142 Å². The lowest BCUT2D eigenvalue weighted by Crippen LogP contribution is -2.26. The number of nitrogens with zero attached hydrogens (tertiary/aromatic N) is 1. The first-order valence-corrected chi connectivity index (χ1v) is 8.15. The Hall–Kier alpha value is -2.69. The largest absolute Gasteiger partial charge is 0.351 e. The van der Waals surface area contributed by atoms with Crippen molar-refractivity contribution in [3.05, 3.63) is 58.9 Å². The molecule has 0 unspecified atom stereocenters. The van der Waals surface area contributed by atoms with Gasteiger partial charge in [0.2, 0.25) is 0 Å². The van der Waals surface area contributed by atoms with Crippen molar-refractivity contribution in [1.29, 1.82) is 0 Å². The van der Waals surface area contributed by atoms with Crippen molar-refractivity contribution >= 4 is 17.5 Å². The van der Waals surface area contributed by atoms with E-state index in [0.717, 1.165) is 29.7 Å². The van der Waals surface area contributed by atoms with Crippen molar-refractivity contribution in [3.63, 3.8) is 0 Å². The Bertz CT molecular complexity index is 741. The van der Waals surface area contributed by atoms with Gasteiger partial charge in [-0.15, -0.1) is 0 Å². The standard InChI is InChI=1S/C19H23N3O2/c1-4-5-11-20-18(23)16-7-6-8-17(21-16)19(24)22-15-10-9-13(2)12-14(15)3/h6-10,12H,4-5,11H2,1-3H3,(H,20,23)(H,22,24). The number of hydrogen-bond acceptors (Lipinski definition) is 3. The number of amides is 2. The lowest BCUT2D eigenvalue weighted by atomic mass is 10.1. The van der Waals surface area contributed by atoms with Crippen molar-refractivity contribution in [2.75, 3.05) is 11.9 Å². The van der Waals surface area contributed by atoms with Crippen molar-refractivity contribution in [2.24, 2.45) is 0 Å². The van der Waals surface area contributed by atoms with Gasteiger partial charge in [0.15, 0.2) is 0 Å². The summed E-state index contributed by atoms with van der Waals surface area (Å²) in [6.45, 7) is 6.60. The molecule has 0 spiro atoms. The molecule has 0 aliphatic heterocycles. The first-order valence-electron chi connectivity index (χ1n) is 8.15. The van der Waals surface area contributed by atoms with Gasteiger partial charge >= 0.3 is 0 Å². The predicted octanol–water partition coefficient (Wildman–Crippen LogP) is 3.48. The Morgan fingerprint density at radius 1 is 1.04 bits per heavy atom. The second-order valence-electron chi connectivity index (χ2n) is 5.79. The third-order valence-electron chi connectivity index (χ3n) is 3.66. The molecule has 0 aliphatic rings. The Kier molecular flexibility index (Phi) is 6.07. The summed E-state index contributed by atoms with van der Waals surface area (Å²) in [5.41, 5.74) is 3.33. The highest BCUT2D eigenvalue weighted by atomic mass is 16.2. The molecule has 5 heteroatoms. The van der Waals surface area contributed by atoms with E-state index in [1.54, 1.807) is 18.2 Å². The average Bonchev–Trinajstić information content (AvgIpc) is 2.57. The number of carbonyl (C=O) groups is 2. The number of nitrogens with one attached hydrogen (secondary N) is 2. The predicted molar refractivity (Wildman–Crippen MR) is 95.3 cm³/mol. The molecule has 0 atom stereocenters. The zero-order valence-corrected chi connectivity index (χ0v) is 14.3. The maximum atomic E-state index is 12.4. The Morgan fingerprint density at radius 3 is 2.42 bits per heavy atom. The third kappa shape index (κ3) is 4.65. The minimum Gasteiger partial charge on any atom is -0.351 e. The molecule has 2 aromatic rings. The van der Waals surface area contributed by atoms with Gasteiger partial charge in [0.25, 0.3) is 11.8 Å². The summed E-state index contributed by atoms with van der Waals surface area (Å²) in [4.78, 5) is 28.6. The van der Waals surface area contributed by atoms with Crippen LogP contribution in [0.1, 0.15) is 51.9 Å². The van der Waals surface area contributed by atoms with Crippen LogP contribution in [0.25, 0.3) is 0 Å². The second kappa shape index (κ2) is 8.24. The summed E-state index contributed by atoms with van der Waals surface area (Å²) in [6, 6.07) is 10.7. The second-order valence-corrected chi connectivity index (χ2v) is 5.79. The zero-order chi connectivity index (χ0) is 17.5. The number of pyridine rings is 1. The Balaban J connectivity index is 2.09.